The molecule has 1 aliphatic heterocycles. The van der Waals surface area contributed by atoms with Gasteiger partial charge in [-0.05, 0) is 25.6 Å². The molecule has 5 nitrogen and oxygen atoms in total. The minimum atomic E-state index is -0.0348. The lowest BCUT2D eigenvalue weighted by atomic mass is 10.2. The lowest BCUT2D eigenvalue weighted by Gasteiger charge is -2.32. The topological polar surface area (TPSA) is 52.7 Å². The van der Waals surface area contributed by atoms with Crippen LogP contribution in [0.1, 0.15) is 19.3 Å². The largest absolute Gasteiger partial charge is 0.340 e. The molecule has 0 radical (unpaired) electrons. The fourth-order valence-corrected chi connectivity index (χ4v) is 2.36. The van der Waals surface area contributed by atoms with E-state index >= 15 is 0 Å². The lowest BCUT2D eigenvalue weighted by molar-refractivity contribution is -0.132. The van der Waals surface area contributed by atoms with Gasteiger partial charge in [0.25, 0.3) is 0 Å². The molecule has 0 aliphatic carbocycles. The Bertz CT molecular complexity index is 468. The summed E-state index contributed by atoms with van der Waals surface area (Å²) >= 11 is 0. The Labute approximate surface area is 125 Å². The van der Waals surface area contributed by atoms with Crippen molar-refractivity contribution in [2.75, 3.05) is 38.5 Å². The van der Waals surface area contributed by atoms with E-state index in [1.807, 2.05) is 35.2 Å². The minimum absolute atomic E-state index is 0.0348. The molecule has 21 heavy (non-hydrogen) atoms. The van der Waals surface area contributed by atoms with Gasteiger partial charge in [0, 0.05) is 44.7 Å². The van der Waals surface area contributed by atoms with E-state index in [4.69, 9.17) is 0 Å². The predicted octanol–water partition coefficient (Wildman–Crippen LogP) is 1.57. The zero-order valence-electron chi connectivity index (χ0n) is 12.5. The Morgan fingerprint density at radius 2 is 1.71 bits per heavy atom. The van der Waals surface area contributed by atoms with Gasteiger partial charge >= 0.3 is 0 Å². The van der Waals surface area contributed by atoms with Crippen molar-refractivity contribution < 1.29 is 9.59 Å². The van der Waals surface area contributed by atoms with Crippen LogP contribution in [0.2, 0.25) is 0 Å². The summed E-state index contributed by atoms with van der Waals surface area (Å²) in [6.45, 7) is 3.46. The van der Waals surface area contributed by atoms with Crippen molar-refractivity contribution in [2.24, 2.45) is 0 Å². The van der Waals surface area contributed by atoms with Crippen molar-refractivity contribution in [1.82, 2.24) is 9.80 Å². The number of rotatable bonds is 5. The molecule has 5 heteroatoms. The minimum Gasteiger partial charge on any atom is -0.340 e. The van der Waals surface area contributed by atoms with E-state index in [1.54, 1.807) is 0 Å². The van der Waals surface area contributed by atoms with Crippen LogP contribution in [-0.2, 0) is 9.59 Å². The van der Waals surface area contributed by atoms with Crippen LogP contribution in [0.3, 0.4) is 0 Å². The number of carbonyl (C=O) groups is 2. The van der Waals surface area contributed by atoms with Gasteiger partial charge in [0.1, 0.15) is 0 Å². The third-order valence-electron chi connectivity index (χ3n) is 3.71. The lowest BCUT2D eigenvalue weighted by Crippen LogP contribution is -2.47. The molecule has 1 N–H and O–H groups in total. The van der Waals surface area contributed by atoms with Crippen LogP contribution >= 0.6 is 0 Å². The van der Waals surface area contributed by atoms with Crippen LogP contribution in [0.25, 0.3) is 0 Å². The smallest absolute Gasteiger partial charge is 0.224 e. The molecule has 1 heterocycles. The van der Waals surface area contributed by atoms with Crippen LogP contribution < -0.4 is 5.32 Å². The van der Waals surface area contributed by atoms with Gasteiger partial charge in [0.15, 0.2) is 0 Å². The van der Waals surface area contributed by atoms with E-state index < -0.39 is 0 Å². The Hall–Kier alpha value is -1.88. The van der Waals surface area contributed by atoms with Crippen molar-refractivity contribution in [1.29, 1.82) is 0 Å². The molecule has 0 atom stereocenters. The average Bonchev–Trinajstić information content (AvgIpc) is 2.49. The second-order valence-corrected chi connectivity index (χ2v) is 5.45. The Kier molecular flexibility index (Phi) is 5.75. The highest BCUT2D eigenvalue weighted by Gasteiger charge is 2.18. The summed E-state index contributed by atoms with van der Waals surface area (Å²) in [5.41, 5.74) is 0.799. The van der Waals surface area contributed by atoms with Crippen molar-refractivity contribution >= 4 is 17.5 Å². The van der Waals surface area contributed by atoms with E-state index in [9.17, 15) is 9.59 Å². The average molecular weight is 289 g/mol. The summed E-state index contributed by atoms with van der Waals surface area (Å²) in [7, 11) is 2.07. The number of anilines is 1. The molecule has 0 bridgehead atoms. The van der Waals surface area contributed by atoms with Crippen molar-refractivity contribution in [2.45, 2.75) is 19.3 Å². The van der Waals surface area contributed by atoms with Crippen LogP contribution in [0.4, 0.5) is 5.69 Å². The highest BCUT2D eigenvalue weighted by molar-refractivity contribution is 5.90. The first-order chi connectivity index (χ1) is 10.1. The molecule has 0 aromatic heterocycles. The second-order valence-electron chi connectivity index (χ2n) is 5.45. The Balaban J connectivity index is 1.64. The molecule has 1 aliphatic rings. The molecule has 2 amide bonds. The summed E-state index contributed by atoms with van der Waals surface area (Å²) in [6.07, 6.45) is 1.43. The fourth-order valence-electron chi connectivity index (χ4n) is 2.36. The number of nitrogens with one attached hydrogen (secondary N) is 1. The number of carbonyl (C=O) groups excluding carboxylic acids is 2. The third-order valence-corrected chi connectivity index (χ3v) is 3.71. The monoisotopic (exact) mass is 289 g/mol. The van der Waals surface area contributed by atoms with E-state index in [0.717, 1.165) is 31.9 Å². The van der Waals surface area contributed by atoms with Gasteiger partial charge in [-0.1, -0.05) is 18.2 Å². The normalized spacial score (nSPS) is 15.8. The summed E-state index contributed by atoms with van der Waals surface area (Å²) in [5.74, 6) is 0.128. The zero-order valence-corrected chi connectivity index (χ0v) is 12.5. The van der Waals surface area contributed by atoms with Gasteiger partial charge in [-0.15, -0.1) is 0 Å². The van der Waals surface area contributed by atoms with Gasteiger partial charge < -0.3 is 15.1 Å². The summed E-state index contributed by atoms with van der Waals surface area (Å²) < 4.78 is 0. The number of likely N-dealkylation sites (N-methyl/N-ethyl adjacent to an activating group) is 1. The maximum absolute atomic E-state index is 12.0. The first-order valence-electron chi connectivity index (χ1n) is 7.46. The fraction of sp³-hybridized carbons (Fsp3) is 0.500. The molecule has 0 spiro atoms. The number of hydrogen-bond donors (Lipinski definition) is 1. The van der Waals surface area contributed by atoms with Crippen molar-refractivity contribution in [3.05, 3.63) is 30.3 Å². The van der Waals surface area contributed by atoms with Crippen molar-refractivity contribution in [3.8, 4) is 0 Å². The van der Waals surface area contributed by atoms with Crippen molar-refractivity contribution in [3.63, 3.8) is 0 Å². The van der Waals surface area contributed by atoms with E-state index in [-0.39, 0.29) is 11.8 Å². The van der Waals surface area contributed by atoms with Gasteiger partial charge in [-0.2, -0.15) is 0 Å². The standard InChI is InChI=1S/C16H23N3O2/c1-18-10-12-19(13-11-18)16(21)9-5-8-15(20)17-14-6-3-2-4-7-14/h2-4,6-7H,5,8-13H2,1H3,(H,17,20). The zero-order chi connectivity index (χ0) is 15.1. The van der Waals surface area contributed by atoms with E-state index in [2.05, 4.69) is 17.3 Å². The van der Waals surface area contributed by atoms with Crippen LogP contribution in [0.5, 0.6) is 0 Å². The first kappa shape index (κ1) is 15.5. The maximum atomic E-state index is 12.0. The van der Waals surface area contributed by atoms with Crippen LogP contribution in [0.15, 0.2) is 30.3 Å². The number of nitrogens with zero attached hydrogens (tertiary/aromatic N) is 2. The third kappa shape index (κ3) is 5.19. The highest BCUT2D eigenvalue weighted by atomic mass is 16.2. The molecule has 114 valence electrons. The number of hydrogen-bond acceptors (Lipinski definition) is 3. The van der Waals surface area contributed by atoms with Crippen LogP contribution in [-0.4, -0.2) is 54.8 Å². The molecule has 1 saturated heterocycles. The number of para-hydroxylation sites is 1. The summed E-state index contributed by atoms with van der Waals surface area (Å²) in [6, 6.07) is 9.38. The Morgan fingerprint density at radius 1 is 1.05 bits per heavy atom. The van der Waals surface area contributed by atoms with E-state index in [1.165, 1.54) is 0 Å². The first-order valence-corrected chi connectivity index (χ1v) is 7.46. The molecular weight excluding hydrogens is 266 g/mol. The maximum Gasteiger partial charge on any atom is 0.224 e. The summed E-state index contributed by atoms with van der Waals surface area (Å²) in [4.78, 5) is 27.9. The molecule has 2 rings (SSSR count). The Morgan fingerprint density at radius 3 is 2.38 bits per heavy atom. The number of benzene rings is 1. The quantitative estimate of drug-likeness (QED) is 0.895. The van der Waals surface area contributed by atoms with E-state index in [0.29, 0.717) is 19.3 Å². The number of amides is 2. The van der Waals surface area contributed by atoms with Gasteiger partial charge in [-0.25, -0.2) is 0 Å². The summed E-state index contributed by atoms with van der Waals surface area (Å²) in [5, 5.41) is 2.83. The molecule has 1 fully saturated rings. The SMILES string of the molecule is CN1CCN(C(=O)CCCC(=O)Nc2ccccc2)CC1. The van der Waals surface area contributed by atoms with Gasteiger partial charge in [0.2, 0.25) is 11.8 Å². The highest BCUT2D eigenvalue weighted by Crippen LogP contribution is 2.08. The molecule has 1 aromatic carbocycles. The molecule has 1 aromatic rings. The van der Waals surface area contributed by atoms with Gasteiger partial charge in [0.05, 0.1) is 0 Å². The number of piperazine rings is 1. The predicted molar refractivity (Wildman–Crippen MR) is 83.0 cm³/mol. The molecular formula is C16H23N3O2. The second kappa shape index (κ2) is 7.78. The van der Waals surface area contributed by atoms with Crippen LogP contribution in [0, 0.1) is 0 Å². The van der Waals surface area contributed by atoms with Gasteiger partial charge in [-0.3, -0.25) is 9.59 Å². The molecule has 0 unspecified atom stereocenters. The molecule has 0 saturated carbocycles.